The third kappa shape index (κ3) is 6.27. The van der Waals surface area contributed by atoms with Gasteiger partial charge in [0, 0.05) is 0 Å². The molecule has 14 heteroatoms. The molecule has 2 N–H and O–H groups in total. The van der Waals surface area contributed by atoms with Crippen LogP contribution in [0.1, 0.15) is 55.4 Å². The monoisotopic (exact) mass is 606 g/mol. The lowest BCUT2D eigenvalue weighted by molar-refractivity contribution is -0.247. The number of aliphatic hydroxyl groups excluding tert-OH is 1. The van der Waals surface area contributed by atoms with Crippen LogP contribution in [0.25, 0.3) is 0 Å². The summed E-state index contributed by atoms with van der Waals surface area (Å²) in [6.07, 6.45) is -5.96. The predicted molar refractivity (Wildman–Crippen MR) is 139 cm³/mol. The first kappa shape index (κ1) is 31.4. The van der Waals surface area contributed by atoms with E-state index in [1.165, 1.54) is 0 Å². The number of aliphatic hydroxyl groups is 2. The van der Waals surface area contributed by atoms with Gasteiger partial charge in [0.2, 0.25) is 0 Å². The fraction of sp³-hybridized carbons (Fsp3) is 1.00. The van der Waals surface area contributed by atoms with E-state index in [0.29, 0.717) is 13.2 Å². The van der Waals surface area contributed by atoms with Gasteiger partial charge in [-0.3, -0.25) is 0 Å². The van der Waals surface area contributed by atoms with E-state index >= 15 is 0 Å². The minimum atomic E-state index is -1.78. The Morgan fingerprint density at radius 1 is 0.595 bits per heavy atom. The summed E-state index contributed by atoms with van der Waals surface area (Å²) >= 11 is 0. The van der Waals surface area contributed by atoms with Gasteiger partial charge >= 0.3 is 0 Å². The van der Waals surface area contributed by atoms with Crippen molar-refractivity contribution in [1.82, 2.24) is 0 Å². The molecule has 0 amide bonds. The molecule has 6 rings (SSSR count). The van der Waals surface area contributed by atoms with E-state index in [-0.39, 0.29) is 13.2 Å². The molecule has 0 aromatic carbocycles. The van der Waals surface area contributed by atoms with Crippen molar-refractivity contribution in [2.75, 3.05) is 33.0 Å². The third-order valence-electron chi connectivity index (χ3n) is 8.23. The molecule has 6 aliphatic rings. The van der Waals surface area contributed by atoms with Crippen LogP contribution in [0, 0.1) is 0 Å². The second-order valence-electron chi connectivity index (χ2n) is 13.8. The molecule has 0 radical (unpaired) electrons. The van der Waals surface area contributed by atoms with Gasteiger partial charge in [0.15, 0.2) is 35.7 Å². The Bertz CT molecular complexity index is 914. The number of fused-ring (bicyclic) bond motifs is 2. The van der Waals surface area contributed by atoms with Crippen molar-refractivity contribution >= 4 is 0 Å². The molecule has 0 unspecified atom stereocenters. The molecule has 0 aromatic rings. The number of hydrogen-bond donors (Lipinski definition) is 2. The van der Waals surface area contributed by atoms with Crippen molar-refractivity contribution in [3.63, 3.8) is 0 Å². The van der Waals surface area contributed by atoms with Crippen LogP contribution in [-0.2, 0) is 56.8 Å². The second kappa shape index (κ2) is 10.8. The van der Waals surface area contributed by atoms with Crippen molar-refractivity contribution in [2.45, 2.75) is 146 Å². The molecule has 6 fully saturated rings. The summed E-state index contributed by atoms with van der Waals surface area (Å²) in [4.78, 5) is 0. The van der Waals surface area contributed by atoms with E-state index in [0.717, 1.165) is 0 Å². The summed E-state index contributed by atoms with van der Waals surface area (Å²) in [5.74, 6) is -3.32. The second-order valence-corrected chi connectivity index (χ2v) is 13.8. The average molecular weight is 607 g/mol. The van der Waals surface area contributed by atoms with Gasteiger partial charge < -0.3 is 67.1 Å². The van der Waals surface area contributed by atoms with Crippen molar-refractivity contribution in [3.05, 3.63) is 0 Å². The van der Waals surface area contributed by atoms with Crippen molar-refractivity contribution in [3.8, 4) is 0 Å². The third-order valence-corrected chi connectivity index (χ3v) is 8.23. The summed E-state index contributed by atoms with van der Waals surface area (Å²) < 4.78 is 72.6. The largest absolute Gasteiger partial charge is 0.393 e. The zero-order chi connectivity index (χ0) is 30.3. The highest BCUT2D eigenvalue weighted by atomic mass is 16.9. The summed E-state index contributed by atoms with van der Waals surface area (Å²) in [5.41, 5.74) is -1.78. The molecule has 0 aliphatic carbocycles. The Morgan fingerprint density at radius 3 is 1.33 bits per heavy atom. The first-order chi connectivity index (χ1) is 19.5. The number of hydrogen-bond acceptors (Lipinski definition) is 14. The van der Waals surface area contributed by atoms with Gasteiger partial charge in [-0.25, -0.2) is 0 Å². The Balaban J connectivity index is 1.14. The summed E-state index contributed by atoms with van der Waals surface area (Å²) in [6.45, 7) is 13.8. The lowest BCUT2D eigenvalue weighted by atomic mass is 10.0. The maximum atomic E-state index is 11.5. The highest BCUT2D eigenvalue weighted by Crippen LogP contribution is 2.44. The van der Waals surface area contributed by atoms with Crippen LogP contribution in [0.4, 0.5) is 0 Å². The summed E-state index contributed by atoms with van der Waals surface area (Å²) in [7, 11) is 0. The number of rotatable bonds is 9. The zero-order valence-electron chi connectivity index (χ0n) is 25.6. The van der Waals surface area contributed by atoms with Gasteiger partial charge in [-0.15, -0.1) is 0 Å². The number of ether oxygens (including phenoxy) is 12. The Kier molecular flexibility index (Phi) is 8.05. The molecular formula is C28H46O14. The topological polar surface area (TPSA) is 151 Å². The zero-order valence-corrected chi connectivity index (χ0v) is 25.6. The molecule has 42 heavy (non-hydrogen) atoms. The van der Waals surface area contributed by atoms with Crippen LogP contribution in [0.15, 0.2) is 0 Å². The van der Waals surface area contributed by atoms with Crippen LogP contribution < -0.4 is 0 Å². The van der Waals surface area contributed by atoms with Crippen LogP contribution in [-0.4, -0.2) is 133 Å². The van der Waals surface area contributed by atoms with E-state index in [1.54, 1.807) is 27.7 Å². The van der Waals surface area contributed by atoms with E-state index < -0.39 is 96.8 Å². The van der Waals surface area contributed by atoms with Gasteiger partial charge in [0.1, 0.15) is 54.4 Å². The van der Waals surface area contributed by atoms with E-state index in [4.69, 9.17) is 56.8 Å². The highest BCUT2D eigenvalue weighted by molar-refractivity contribution is 5.01. The summed E-state index contributed by atoms with van der Waals surface area (Å²) in [5, 5.41) is 21.8. The van der Waals surface area contributed by atoms with Gasteiger partial charge in [0.25, 0.3) is 0 Å². The molecule has 0 spiro atoms. The van der Waals surface area contributed by atoms with Crippen molar-refractivity contribution < 1.29 is 67.1 Å². The Labute approximate surface area is 246 Å². The summed E-state index contributed by atoms with van der Waals surface area (Å²) in [6, 6.07) is 0. The van der Waals surface area contributed by atoms with E-state index in [2.05, 4.69) is 0 Å². The minimum absolute atomic E-state index is 0.288. The standard InChI is InChI=1S/C28H46O14/c1-24(2)33-9-14(37-24)16-18(20-22(35-16)41-26(5,6)39-20)31-12-28(30,11-29)13-32-19-17(15-10-34-25(3,4)38-15)36-23-21(19)40-27(7,8)42-23/h14-23,29-30H,9-13H2,1-8H3/t14-,15-,16-,17-,18+,19+,20-,21-,22-,23-/m1/s1. The predicted octanol–water partition coefficient (Wildman–Crippen LogP) is 0.536. The van der Waals surface area contributed by atoms with Crippen molar-refractivity contribution in [2.24, 2.45) is 0 Å². The Morgan fingerprint density at radius 2 is 1.00 bits per heavy atom. The van der Waals surface area contributed by atoms with Crippen molar-refractivity contribution in [1.29, 1.82) is 0 Å². The van der Waals surface area contributed by atoms with Crippen LogP contribution in [0.3, 0.4) is 0 Å². The molecule has 0 bridgehead atoms. The molecule has 0 saturated carbocycles. The van der Waals surface area contributed by atoms with Gasteiger partial charge in [-0.05, 0) is 55.4 Å². The van der Waals surface area contributed by atoms with Gasteiger partial charge in [0.05, 0.1) is 33.0 Å². The maximum Gasteiger partial charge on any atom is 0.190 e. The minimum Gasteiger partial charge on any atom is -0.393 e. The first-order valence-corrected chi connectivity index (χ1v) is 14.7. The van der Waals surface area contributed by atoms with Gasteiger partial charge in [-0.2, -0.15) is 0 Å². The lowest BCUT2D eigenvalue weighted by Gasteiger charge is -2.34. The molecule has 242 valence electrons. The first-order valence-electron chi connectivity index (χ1n) is 14.7. The maximum absolute atomic E-state index is 11.5. The molecule has 6 saturated heterocycles. The van der Waals surface area contributed by atoms with E-state index in [1.807, 2.05) is 27.7 Å². The molecule has 14 nitrogen and oxygen atoms in total. The van der Waals surface area contributed by atoms with Crippen LogP contribution >= 0.6 is 0 Å². The fourth-order valence-corrected chi connectivity index (χ4v) is 6.38. The highest BCUT2D eigenvalue weighted by Gasteiger charge is 2.61. The van der Waals surface area contributed by atoms with Crippen LogP contribution in [0.5, 0.6) is 0 Å². The molecule has 0 aromatic heterocycles. The van der Waals surface area contributed by atoms with Gasteiger partial charge in [-0.1, -0.05) is 0 Å². The molecule has 6 heterocycles. The quantitative estimate of drug-likeness (QED) is 0.376. The molecule has 6 aliphatic heterocycles. The van der Waals surface area contributed by atoms with Crippen LogP contribution in [0.2, 0.25) is 0 Å². The smallest absolute Gasteiger partial charge is 0.190 e. The van der Waals surface area contributed by atoms with E-state index in [9.17, 15) is 10.2 Å². The lowest BCUT2D eigenvalue weighted by Crippen LogP contribution is -2.52. The molecule has 10 atom stereocenters. The molecular weight excluding hydrogens is 560 g/mol. The normalized spacial score (nSPS) is 45.0. The fourth-order valence-electron chi connectivity index (χ4n) is 6.38. The SMILES string of the molecule is CC1(C)O[C@H]2O[C@H]([C@H]3COC(C)(C)O3)[C@H](OCC(O)(CO)CO[C@@H]3[C@H]4OC(C)(C)O[C@H]4O[C@@H]3[C@H]3COC(C)(C)O3)[C@H]2O1. The average Bonchev–Trinajstić information content (AvgIpc) is 3.68. The Hall–Kier alpha value is -0.560.